The molecule has 0 bridgehead atoms. The summed E-state index contributed by atoms with van der Waals surface area (Å²) >= 11 is 0. The summed E-state index contributed by atoms with van der Waals surface area (Å²) in [5.74, 6) is 0.798. The van der Waals surface area contributed by atoms with Gasteiger partial charge in [-0.3, -0.25) is 0 Å². The molecule has 2 N–H and O–H groups in total. The molecule has 15 heavy (non-hydrogen) atoms. The lowest BCUT2D eigenvalue weighted by atomic mass is 9.88. The largest absolute Gasteiger partial charge is 0.330 e. The molecule has 80 valence electrons. The van der Waals surface area contributed by atoms with Gasteiger partial charge >= 0.3 is 0 Å². The van der Waals surface area contributed by atoms with Gasteiger partial charge in [0.05, 0.1) is 0 Å². The van der Waals surface area contributed by atoms with Crippen LogP contribution in [0.15, 0.2) is 24.3 Å². The molecule has 3 rings (SSSR count). The lowest BCUT2D eigenvalue weighted by Gasteiger charge is -2.18. The van der Waals surface area contributed by atoms with Crippen LogP contribution < -0.4 is 5.73 Å². The molecule has 2 aliphatic carbocycles. The van der Waals surface area contributed by atoms with Crippen LogP contribution >= 0.6 is 0 Å². The van der Waals surface area contributed by atoms with E-state index in [0.29, 0.717) is 5.41 Å². The quantitative estimate of drug-likeness (QED) is 0.799. The molecule has 1 saturated carbocycles. The predicted octanol–water partition coefficient (Wildman–Crippen LogP) is 2.85. The monoisotopic (exact) mass is 201 g/mol. The Morgan fingerprint density at radius 1 is 1.27 bits per heavy atom. The second-order valence-corrected chi connectivity index (χ2v) is 5.34. The van der Waals surface area contributed by atoms with Crippen LogP contribution in [0, 0.1) is 5.41 Å². The molecular formula is C14H19N. The van der Waals surface area contributed by atoms with Gasteiger partial charge < -0.3 is 5.73 Å². The van der Waals surface area contributed by atoms with E-state index in [2.05, 4.69) is 24.3 Å². The van der Waals surface area contributed by atoms with E-state index in [1.807, 2.05) is 0 Å². The first kappa shape index (κ1) is 9.41. The Labute approximate surface area is 91.7 Å². The highest BCUT2D eigenvalue weighted by molar-refractivity contribution is 5.35. The highest BCUT2D eigenvalue weighted by Gasteiger charge is 2.43. The normalized spacial score (nSPS) is 26.3. The van der Waals surface area contributed by atoms with Crippen LogP contribution in [0.3, 0.4) is 0 Å². The summed E-state index contributed by atoms with van der Waals surface area (Å²) in [4.78, 5) is 0. The van der Waals surface area contributed by atoms with Crippen molar-refractivity contribution in [1.29, 1.82) is 0 Å². The first-order valence-electron chi connectivity index (χ1n) is 6.11. The molecule has 0 spiro atoms. The molecule has 0 aromatic heterocycles. The van der Waals surface area contributed by atoms with E-state index in [9.17, 15) is 0 Å². The maximum atomic E-state index is 5.87. The molecule has 1 aromatic carbocycles. The van der Waals surface area contributed by atoms with Gasteiger partial charge in [0.15, 0.2) is 0 Å². The highest BCUT2D eigenvalue weighted by Crippen LogP contribution is 2.53. The SMILES string of the molecule is NCC1(CC2CCc3ccccc32)CC1. The van der Waals surface area contributed by atoms with Gasteiger partial charge in [-0.15, -0.1) is 0 Å². The van der Waals surface area contributed by atoms with Crippen molar-refractivity contribution in [3.8, 4) is 0 Å². The molecule has 1 unspecified atom stereocenters. The van der Waals surface area contributed by atoms with Crippen LogP contribution in [-0.2, 0) is 6.42 Å². The molecule has 1 nitrogen and oxygen atoms in total. The third-order valence-electron chi connectivity index (χ3n) is 4.33. The molecule has 0 aliphatic heterocycles. The van der Waals surface area contributed by atoms with E-state index < -0.39 is 0 Å². The summed E-state index contributed by atoms with van der Waals surface area (Å²) in [6, 6.07) is 8.95. The molecule has 2 aliphatic rings. The van der Waals surface area contributed by atoms with Gasteiger partial charge in [-0.2, -0.15) is 0 Å². The molecule has 1 heteroatoms. The standard InChI is InChI=1S/C14H19N/c15-10-14(7-8-14)9-12-6-5-11-3-1-2-4-13(11)12/h1-4,12H,5-10,15H2. The number of fused-ring (bicyclic) bond motifs is 1. The third-order valence-corrected chi connectivity index (χ3v) is 4.33. The van der Waals surface area contributed by atoms with Gasteiger partial charge in [-0.1, -0.05) is 24.3 Å². The lowest BCUT2D eigenvalue weighted by molar-refractivity contribution is 0.421. The smallest absolute Gasteiger partial charge is 0.00203 e. The molecular weight excluding hydrogens is 182 g/mol. The average molecular weight is 201 g/mol. The number of nitrogens with two attached hydrogens (primary N) is 1. The minimum atomic E-state index is 0.530. The van der Waals surface area contributed by atoms with Crippen molar-refractivity contribution in [2.75, 3.05) is 6.54 Å². The van der Waals surface area contributed by atoms with Crippen molar-refractivity contribution in [1.82, 2.24) is 0 Å². The van der Waals surface area contributed by atoms with Crippen molar-refractivity contribution in [2.24, 2.45) is 11.1 Å². The topological polar surface area (TPSA) is 26.0 Å². The maximum absolute atomic E-state index is 5.87. The summed E-state index contributed by atoms with van der Waals surface area (Å²) in [5, 5.41) is 0. The van der Waals surface area contributed by atoms with Crippen molar-refractivity contribution in [3.05, 3.63) is 35.4 Å². The number of hydrogen-bond donors (Lipinski definition) is 1. The minimum absolute atomic E-state index is 0.530. The lowest BCUT2D eigenvalue weighted by Crippen LogP contribution is -2.17. The first-order chi connectivity index (χ1) is 7.33. The van der Waals surface area contributed by atoms with Crippen molar-refractivity contribution in [2.45, 2.75) is 38.0 Å². The van der Waals surface area contributed by atoms with Gasteiger partial charge in [-0.25, -0.2) is 0 Å². The maximum Gasteiger partial charge on any atom is -0.00203 e. The molecule has 1 aromatic rings. The van der Waals surface area contributed by atoms with Gasteiger partial charge in [-0.05, 0) is 61.1 Å². The van der Waals surface area contributed by atoms with Crippen LogP contribution in [0.4, 0.5) is 0 Å². The summed E-state index contributed by atoms with van der Waals surface area (Å²) in [6.07, 6.45) is 6.69. The average Bonchev–Trinajstić information content (AvgIpc) is 2.95. The molecule has 1 fully saturated rings. The van der Waals surface area contributed by atoms with E-state index in [4.69, 9.17) is 5.73 Å². The van der Waals surface area contributed by atoms with E-state index in [0.717, 1.165) is 12.5 Å². The van der Waals surface area contributed by atoms with E-state index in [-0.39, 0.29) is 0 Å². The summed E-state index contributed by atoms with van der Waals surface area (Å²) in [6.45, 7) is 0.895. The van der Waals surface area contributed by atoms with Crippen LogP contribution in [0.5, 0.6) is 0 Å². The van der Waals surface area contributed by atoms with Gasteiger partial charge in [0.1, 0.15) is 0 Å². The number of benzene rings is 1. The second kappa shape index (κ2) is 3.34. The Morgan fingerprint density at radius 2 is 2.07 bits per heavy atom. The molecule has 0 amide bonds. The Morgan fingerprint density at radius 3 is 2.80 bits per heavy atom. The van der Waals surface area contributed by atoms with Crippen LogP contribution in [-0.4, -0.2) is 6.54 Å². The van der Waals surface area contributed by atoms with Gasteiger partial charge in [0.2, 0.25) is 0 Å². The molecule has 0 saturated heterocycles. The van der Waals surface area contributed by atoms with Gasteiger partial charge in [0.25, 0.3) is 0 Å². The van der Waals surface area contributed by atoms with Crippen molar-refractivity contribution < 1.29 is 0 Å². The zero-order chi connectivity index (χ0) is 10.3. The van der Waals surface area contributed by atoms with Crippen LogP contribution in [0.2, 0.25) is 0 Å². The fourth-order valence-corrected chi connectivity index (χ4v) is 3.05. The fraction of sp³-hybridized carbons (Fsp3) is 0.571. The van der Waals surface area contributed by atoms with E-state index in [1.165, 1.54) is 32.1 Å². The number of rotatable bonds is 3. The zero-order valence-corrected chi connectivity index (χ0v) is 9.21. The van der Waals surface area contributed by atoms with Crippen molar-refractivity contribution in [3.63, 3.8) is 0 Å². The number of aryl methyl sites for hydroxylation is 1. The van der Waals surface area contributed by atoms with Crippen molar-refractivity contribution >= 4 is 0 Å². The summed E-state index contributed by atoms with van der Waals surface area (Å²) in [5.41, 5.74) is 9.58. The predicted molar refractivity (Wildman–Crippen MR) is 62.8 cm³/mol. The molecule has 0 heterocycles. The Balaban J connectivity index is 1.79. The Hall–Kier alpha value is -0.820. The highest BCUT2D eigenvalue weighted by atomic mass is 14.7. The van der Waals surface area contributed by atoms with Crippen LogP contribution in [0.25, 0.3) is 0 Å². The van der Waals surface area contributed by atoms with E-state index >= 15 is 0 Å². The van der Waals surface area contributed by atoms with Gasteiger partial charge in [0, 0.05) is 0 Å². The first-order valence-corrected chi connectivity index (χ1v) is 6.11. The third kappa shape index (κ3) is 1.59. The Bertz CT molecular complexity index is 365. The zero-order valence-electron chi connectivity index (χ0n) is 9.21. The Kier molecular flexibility index (Phi) is 2.10. The molecule has 0 radical (unpaired) electrons. The van der Waals surface area contributed by atoms with Crippen LogP contribution in [0.1, 0.15) is 42.7 Å². The number of hydrogen-bond acceptors (Lipinski definition) is 1. The molecule has 1 atom stereocenters. The summed E-state index contributed by atoms with van der Waals surface area (Å²) < 4.78 is 0. The summed E-state index contributed by atoms with van der Waals surface area (Å²) in [7, 11) is 0. The second-order valence-electron chi connectivity index (χ2n) is 5.34. The fourth-order valence-electron chi connectivity index (χ4n) is 3.05. The van der Waals surface area contributed by atoms with E-state index in [1.54, 1.807) is 11.1 Å². The minimum Gasteiger partial charge on any atom is -0.330 e.